The number of anilines is 1. The van der Waals surface area contributed by atoms with Crippen molar-refractivity contribution >= 4 is 15.7 Å². The lowest BCUT2D eigenvalue weighted by Gasteiger charge is -2.12. The molecule has 0 saturated carbocycles. The van der Waals surface area contributed by atoms with Crippen LogP contribution in [0.1, 0.15) is 24.5 Å². The van der Waals surface area contributed by atoms with Gasteiger partial charge in [0, 0.05) is 6.54 Å². The van der Waals surface area contributed by atoms with E-state index in [-0.39, 0.29) is 17.1 Å². The van der Waals surface area contributed by atoms with Crippen LogP contribution < -0.4 is 10.5 Å². The minimum absolute atomic E-state index is 0.0937. The van der Waals surface area contributed by atoms with Crippen LogP contribution in [0.15, 0.2) is 17.0 Å². The van der Waals surface area contributed by atoms with Gasteiger partial charge in [0.15, 0.2) is 0 Å². The zero-order valence-corrected chi connectivity index (χ0v) is 11.7. The fourth-order valence-electron chi connectivity index (χ4n) is 1.52. The van der Waals surface area contributed by atoms with Gasteiger partial charge in [-0.25, -0.2) is 13.1 Å². The molecule has 0 fully saturated rings. The van der Waals surface area contributed by atoms with Gasteiger partial charge < -0.3 is 10.8 Å². The Hall–Kier alpha value is -1.11. The van der Waals surface area contributed by atoms with E-state index >= 15 is 0 Å². The van der Waals surface area contributed by atoms with Gasteiger partial charge >= 0.3 is 0 Å². The SMILES string of the molecule is Cc1cc(N)c(S(=O)(=O)NCCC(C)O)cc1C. The molecule has 1 rings (SSSR count). The Bertz CT molecular complexity index is 524. The summed E-state index contributed by atoms with van der Waals surface area (Å²) in [4.78, 5) is 0.0937. The molecule has 0 aliphatic heterocycles. The minimum Gasteiger partial charge on any atom is -0.398 e. The summed E-state index contributed by atoms with van der Waals surface area (Å²) < 4.78 is 26.5. The number of rotatable bonds is 5. The molecule has 5 nitrogen and oxygen atoms in total. The zero-order chi connectivity index (χ0) is 13.9. The number of benzene rings is 1. The van der Waals surface area contributed by atoms with Gasteiger partial charge in [-0.1, -0.05) is 0 Å². The number of nitrogens with one attached hydrogen (secondary N) is 1. The third-order valence-electron chi connectivity index (χ3n) is 2.77. The van der Waals surface area contributed by atoms with Crippen molar-refractivity contribution in [2.45, 2.75) is 38.2 Å². The summed E-state index contributed by atoms with van der Waals surface area (Å²) in [5, 5.41) is 9.10. The third-order valence-corrected chi connectivity index (χ3v) is 4.29. The maximum Gasteiger partial charge on any atom is 0.242 e. The van der Waals surface area contributed by atoms with Crippen molar-refractivity contribution in [3.8, 4) is 0 Å². The van der Waals surface area contributed by atoms with Crippen molar-refractivity contribution in [2.75, 3.05) is 12.3 Å². The Morgan fingerprint density at radius 1 is 1.33 bits per heavy atom. The van der Waals surface area contributed by atoms with Crippen LogP contribution in [0.25, 0.3) is 0 Å². The molecule has 1 aromatic carbocycles. The molecule has 0 aliphatic carbocycles. The number of hydrogen-bond acceptors (Lipinski definition) is 4. The monoisotopic (exact) mass is 272 g/mol. The average Bonchev–Trinajstić information content (AvgIpc) is 2.22. The second kappa shape index (κ2) is 5.69. The van der Waals surface area contributed by atoms with Crippen LogP contribution in [0, 0.1) is 13.8 Å². The van der Waals surface area contributed by atoms with Gasteiger partial charge in [0.2, 0.25) is 10.0 Å². The molecule has 0 aliphatic rings. The van der Waals surface area contributed by atoms with E-state index in [1.54, 1.807) is 19.1 Å². The van der Waals surface area contributed by atoms with Crippen molar-refractivity contribution in [1.29, 1.82) is 0 Å². The molecule has 0 spiro atoms. The number of aliphatic hydroxyl groups is 1. The van der Waals surface area contributed by atoms with Crippen molar-refractivity contribution in [3.05, 3.63) is 23.3 Å². The zero-order valence-electron chi connectivity index (χ0n) is 10.9. The van der Waals surface area contributed by atoms with Gasteiger partial charge in [-0.05, 0) is 50.5 Å². The second-order valence-corrected chi connectivity index (χ2v) is 6.25. The van der Waals surface area contributed by atoms with Gasteiger partial charge in [0.1, 0.15) is 4.90 Å². The first-order valence-corrected chi connectivity index (χ1v) is 7.27. The molecule has 0 aromatic heterocycles. The number of nitrogen functional groups attached to an aromatic ring is 1. The van der Waals surface area contributed by atoms with Crippen LogP contribution in [0.2, 0.25) is 0 Å². The molecule has 0 saturated heterocycles. The highest BCUT2D eigenvalue weighted by Crippen LogP contribution is 2.22. The van der Waals surface area contributed by atoms with Crippen LogP contribution in [-0.4, -0.2) is 26.2 Å². The van der Waals surface area contributed by atoms with Gasteiger partial charge in [0.25, 0.3) is 0 Å². The molecule has 1 unspecified atom stereocenters. The van der Waals surface area contributed by atoms with Crippen LogP contribution in [0.3, 0.4) is 0 Å². The van der Waals surface area contributed by atoms with Crippen LogP contribution in [-0.2, 0) is 10.0 Å². The molecular formula is C12H20N2O3S. The Morgan fingerprint density at radius 2 is 1.89 bits per heavy atom. The quantitative estimate of drug-likeness (QED) is 0.695. The van der Waals surface area contributed by atoms with E-state index in [0.717, 1.165) is 11.1 Å². The first kappa shape index (κ1) is 14.9. The van der Waals surface area contributed by atoms with Crippen LogP contribution in [0.5, 0.6) is 0 Å². The summed E-state index contributed by atoms with van der Waals surface area (Å²) in [7, 11) is -3.61. The molecule has 0 heterocycles. The highest BCUT2D eigenvalue weighted by Gasteiger charge is 2.18. The molecule has 1 atom stereocenters. The summed E-state index contributed by atoms with van der Waals surface area (Å²) in [5.74, 6) is 0. The Morgan fingerprint density at radius 3 is 2.44 bits per heavy atom. The van der Waals surface area contributed by atoms with E-state index < -0.39 is 16.1 Å². The van der Waals surface area contributed by atoms with Crippen LogP contribution in [0.4, 0.5) is 5.69 Å². The molecule has 102 valence electrons. The Labute approximate surface area is 108 Å². The molecule has 18 heavy (non-hydrogen) atoms. The molecule has 0 bridgehead atoms. The molecule has 0 amide bonds. The summed E-state index contributed by atoms with van der Waals surface area (Å²) >= 11 is 0. The number of sulfonamides is 1. The Kier molecular flexibility index (Phi) is 4.72. The maximum absolute atomic E-state index is 12.0. The molecule has 6 heteroatoms. The van der Waals surface area contributed by atoms with E-state index in [4.69, 9.17) is 10.8 Å². The van der Waals surface area contributed by atoms with Gasteiger partial charge in [0.05, 0.1) is 11.8 Å². The fraction of sp³-hybridized carbons (Fsp3) is 0.500. The first-order valence-electron chi connectivity index (χ1n) is 5.78. The summed E-state index contributed by atoms with van der Waals surface area (Å²) in [6, 6.07) is 3.22. The van der Waals surface area contributed by atoms with Gasteiger partial charge in [-0.15, -0.1) is 0 Å². The summed E-state index contributed by atoms with van der Waals surface area (Å²) in [6.45, 7) is 5.51. The number of hydrogen-bond donors (Lipinski definition) is 3. The van der Waals surface area contributed by atoms with Crippen molar-refractivity contribution < 1.29 is 13.5 Å². The fourth-order valence-corrected chi connectivity index (χ4v) is 2.77. The average molecular weight is 272 g/mol. The lowest BCUT2D eigenvalue weighted by molar-refractivity contribution is 0.186. The third kappa shape index (κ3) is 3.69. The van der Waals surface area contributed by atoms with Crippen molar-refractivity contribution in [3.63, 3.8) is 0 Å². The number of nitrogens with two attached hydrogens (primary N) is 1. The smallest absolute Gasteiger partial charge is 0.242 e. The number of aliphatic hydroxyl groups excluding tert-OH is 1. The minimum atomic E-state index is -3.61. The summed E-state index contributed by atoms with van der Waals surface area (Å²) in [5.41, 5.74) is 7.81. The molecular weight excluding hydrogens is 252 g/mol. The van der Waals surface area contributed by atoms with Crippen LogP contribution >= 0.6 is 0 Å². The standard InChI is InChI=1S/C12H20N2O3S/c1-8-6-11(13)12(7-9(8)2)18(16,17)14-5-4-10(3)15/h6-7,10,14-15H,4-5,13H2,1-3H3. The van der Waals surface area contributed by atoms with Crippen molar-refractivity contribution in [2.24, 2.45) is 0 Å². The normalized spacial score (nSPS) is 13.6. The number of aryl methyl sites for hydroxylation is 2. The van der Waals surface area contributed by atoms with E-state index in [9.17, 15) is 8.42 Å². The first-order chi connectivity index (χ1) is 8.24. The van der Waals surface area contributed by atoms with E-state index in [0.29, 0.717) is 6.42 Å². The Balaban J connectivity index is 2.95. The van der Waals surface area contributed by atoms with Gasteiger partial charge in [-0.3, -0.25) is 0 Å². The van der Waals surface area contributed by atoms with E-state index in [1.807, 2.05) is 13.8 Å². The largest absolute Gasteiger partial charge is 0.398 e. The lowest BCUT2D eigenvalue weighted by atomic mass is 10.1. The topological polar surface area (TPSA) is 92.4 Å². The molecule has 4 N–H and O–H groups in total. The molecule has 1 aromatic rings. The van der Waals surface area contributed by atoms with Crippen molar-refractivity contribution in [1.82, 2.24) is 4.72 Å². The second-order valence-electron chi connectivity index (χ2n) is 4.51. The van der Waals surface area contributed by atoms with E-state index in [2.05, 4.69) is 4.72 Å². The van der Waals surface area contributed by atoms with Gasteiger partial charge in [-0.2, -0.15) is 0 Å². The summed E-state index contributed by atoms with van der Waals surface area (Å²) in [6.07, 6.45) is -0.172. The molecule has 0 radical (unpaired) electrons. The predicted molar refractivity (Wildman–Crippen MR) is 71.8 cm³/mol. The van der Waals surface area contributed by atoms with E-state index in [1.165, 1.54) is 0 Å². The lowest BCUT2D eigenvalue weighted by Crippen LogP contribution is -2.27. The predicted octanol–water partition coefficient (Wildman–Crippen LogP) is 0.935. The highest BCUT2D eigenvalue weighted by molar-refractivity contribution is 7.89. The maximum atomic E-state index is 12.0. The highest BCUT2D eigenvalue weighted by atomic mass is 32.2.